The van der Waals surface area contributed by atoms with Crippen LogP contribution in [0.3, 0.4) is 0 Å². The van der Waals surface area contributed by atoms with E-state index >= 15 is 0 Å². The summed E-state index contributed by atoms with van der Waals surface area (Å²) in [5, 5.41) is 16.1. The van der Waals surface area contributed by atoms with Crippen LogP contribution >= 0.6 is 11.6 Å². The summed E-state index contributed by atoms with van der Waals surface area (Å²) >= 11 is 6.32. The molecule has 0 aliphatic heterocycles. The van der Waals surface area contributed by atoms with Crippen LogP contribution in [0, 0.1) is 10.1 Å². The van der Waals surface area contributed by atoms with Crippen molar-refractivity contribution in [2.45, 2.75) is 0 Å². The normalized spacial score (nSPS) is 11.2. The molecule has 0 aliphatic carbocycles. The van der Waals surface area contributed by atoms with Crippen molar-refractivity contribution in [1.82, 2.24) is 9.66 Å². The maximum Gasteiger partial charge on any atom is 0.282 e. The van der Waals surface area contributed by atoms with Crippen LogP contribution in [-0.4, -0.2) is 20.8 Å². The van der Waals surface area contributed by atoms with Gasteiger partial charge < -0.3 is 0 Å². The molecule has 1 aromatic heterocycles. The van der Waals surface area contributed by atoms with Gasteiger partial charge in [-0.1, -0.05) is 48.0 Å². The van der Waals surface area contributed by atoms with E-state index in [4.69, 9.17) is 11.6 Å². The van der Waals surface area contributed by atoms with Gasteiger partial charge in [0.15, 0.2) is 5.82 Å². The monoisotopic (exact) mass is 404 g/mol. The summed E-state index contributed by atoms with van der Waals surface area (Å²) in [7, 11) is 0. The van der Waals surface area contributed by atoms with E-state index in [-0.39, 0.29) is 17.1 Å². The molecule has 3 aromatic carbocycles. The minimum atomic E-state index is -0.490. The summed E-state index contributed by atoms with van der Waals surface area (Å²) in [5.41, 5.74) is 1.11. The van der Waals surface area contributed by atoms with E-state index in [1.165, 1.54) is 18.3 Å². The third-order valence-electron chi connectivity index (χ3n) is 4.27. The van der Waals surface area contributed by atoms with Crippen molar-refractivity contribution in [3.05, 3.63) is 104 Å². The molecule has 0 bridgehead atoms. The molecule has 0 saturated heterocycles. The van der Waals surface area contributed by atoms with Gasteiger partial charge in [0.2, 0.25) is 0 Å². The van der Waals surface area contributed by atoms with E-state index in [0.717, 1.165) is 4.68 Å². The Morgan fingerprint density at radius 2 is 1.79 bits per heavy atom. The SMILES string of the molecule is O=c1c2ccccc2nc(-c2ccccc2Cl)n1N=Cc1cccc([N+](=O)[O-])c1. The topological polar surface area (TPSA) is 90.4 Å². The molecule has 0 spiro atoms. The molecule has 0 N–H and O–H groups in total. The van der Waals surface area contributed by atoms with Crippen molar-refractivity contribution in [2.75, 3.05) is 0 Å². The van der Waals surface area contributed by atoms with Crippen molar-refractivity contribution in [3.8, 4) is 11.4 Å². The first-order chi connectivity index (χ1) is 14.0. The molecule has 0 amide bonds. The maximum absolute atomic E-state index is 13.1. The van der Waals surface area contributed by atoms with Crippen molar-refractivity contribution < 1.29 is 4.92 Å². The lowest BCUT2D eigenvalue weighted by Gasteiger charge is -2.10. The predicted molar refractivity (Wildman–Crippen MR) is 113 cm³/mol. The molecule has 7 nitrogen and oxygen atoms in total. The Hall–Kier alpha value is -3.84. The van der Waals surface area contributed by atoms with Crippen LogP contribution in [0.25, 0.3) is 22.3 Å². The minimum Gasteiger partial charge on any atom is -0.267 e. The molecule has 0 saturated carbocycles. The summed E-state index contributed by atoms with van der Waals surface area (Å²) in [6, 6.07) is 19.9. The van der Waals surface area contributed by atoms with Crippen LogP contribution in [0.1, 0.15) is 5.56 Å². The van der Waals surface area contributed by atoms with E-state index in [2.05, 4.69) is 10.1 Å². The Labute approximate surface area is 169 Å². The Kier molecular flexibility index (Phi) is 4.88. The van der Waals surface area contributed by atoms with Gasteiger partial charge in [-0.2, -0.15) is 9.78 Å². The molecule has 0 unspecified atom stereocenters. The Morgan fingerprint density at radius 3 is 2.59 bits per heavy atom. The number of nitrogens with zero attached hydrogens (tertiary/aromatic N) is 4. The fraction of sp³-hybridized carbons (Fsp3) is 0. The van der Waals surface area contributed by atoms with E-state index < -0.39 is 4.92 Å². The van der Waals surface area contributed by atoms with Gasteiger partial charge in [-0.05, 0) is 24.3 Å². The lowest BCUT2D eigenvalue weighted by Crippen LogP contribution is -2.20. The third kappa shape index (κ3) is 3.63. The van der Waals surface area contributed by atoms with E-state index in [0.29, 0.717) is 27.1 Å². The van der Waals surface area contributed by atoms with Gasteiger partial charge in [-0.3, -0.25) is 14.9 Å². The molecule has 142 valence electrons. The fourth-order valence-electron chi connectivity index (χ4n) is 2.89. The average Bonchev–Trinajstić information content (AvgIpc) is 2.73. The average molecular weight is 405 g/mol. The second-order valence-corrected chi connectivity index (χ2v) is 6.55. The highest BCUT2D eigenvalue weighted by molar-refractivity contribution is 6.33. The molecule has 0 atom stereocenters. The fourth-order valence-corrected chi connectivity index (χ4v) is 3.11. The van der Waals surface area contributed by atoms with E-state index in [9.17, 15) is 14.9 Å². The van der Waals surface area contributed by atoms with E-state index in [1.54, 1.807) is 60.7 Å². The number of halogens is 1. The third-order valence-corrected chi connectivity index (χ3v) is 4.60. The molecule has 0 aliphatic rings. The molecule has 0 fully saturated rings. The first-order valence-electron chi connectivity index (χ1n) is 8.60. The van der Waals surface area contributed by atoms with Crippen molar-refractivity contribution in [1.29, 1.82) is 0 Å². The number of fused-ring (bicyclic) bond motifs is 1. The number of para-hydroxylation sites is 1. The maximum atomic E-state index is 13.1. The first-order valence-corrected chi connectivity index (χ1v) is 8.98. The van der Waals surface area contributed by atoms with Gasteiger partial charge >= 0.3 is 0 Å². The van der Waals surface area contributed by atoms with Crippen molar-refractivity contribution in [2.24, 2.45) is 5.10 Å². The second-order valence-electron chi connectivity index (χ2n) is 6.15. The largest absolute Gasteiger partial charge is 0.282 e. The zero-order valence-corrected chi connectivity index (χ0v) is 15.7. The minimum absolute atomic E-state index is 0.0655. The number of aromatic nitrogens is 2. The summed E-state index contributed by atoms with van der Waals surface area (Å²) in [5.74, 6) is 0.279. The number of nitro benzene ring substituents is 1. The van der Waals surface area contributed by atoms with Gasteiger partial charge in [0.25, 0.3) is 11.2 Å². The lowest BCUT2D eigenvalue weighted by molar-refractivity contribution is -0.384. The molecule has 4 rings (SSSR count). The molecular weight excluding hydrogens is 392 g/mol. The molecule has 1 heterocycles. The van der Waals surface area contributed by atoms with Gasteiger partial charge in [-0.15, -0.1) is 0 Å². The highest BCUT2D eigenvalue weighted by atomic mass is 35.5. The number of hydrogen-bond acceptors (Lipinski definition) is 5. The smallest absolute Gasteiger partial charge is 0.267 e. The standard InChI is InChI=1S/C21H13ClN4O3/c22-18-10-3-1-8-16(18)20-24-19-11-4-2-9-17(19)21(27)25(20)23-13-14-6-5-7-15(12-14)26(28)29/h1-13H. The summed E-state index contributed by atoms with van der Waals surface area (Å²) in [6.07, 6.45) is 1.38. The number of rotatable bonds is 4. The van der Waals surface area contributed by atoms with Gasteiger partial charge in [0.05, 0.1) is 27.1 Å². The van der Waals surface area contributed by atoms with Crippen LogP contribution in [-0.2, 0) is 0 Å². The zero-order valence-electron chi connectivity index (χ0n) is 14.9. The number of nitro groups is 1. The van der Waals surface area contributed by atoms with Crippen LogP contribution in [0.4, 0.5) is 5.69 Å². The molecule has 29 heavy (non-hydrogen) atoms. The van der Waals surface area contributed by atoms with Crippen LogP contribution in [0.15, 0.2) is 82.7 Å². The molecule has 4 aromatic rings. The Balaban J connectivity index is 1.93. The van der Waals surface area contributed by atoms with Crippen LogP contribution in [0.5, 0.6) is 0 Å². The Morgan fingerprint density at radius 1 is 1.03 bits per heavy atom. The van der Waals surface area contributed by atoms with E-state index in [1.807, 2.05) is 0 Å². The van der Waals surface area contributed by atoms with Crippen molar-refractivity contribution >= 4 is 34.4 Å². The highest BCUT2D eigenvalue weighted by Crippen LogP contribution is 2.26. The van der Waals surface area contributed by atoms with Crippen molar-refractivity contribution in [3.63, 3.8) is 0 Å². The van der Waals surface area contributed by atoms with Crippen LogP contribution < -0.4 is 5.56 Å². The lowest BCUT2D eigenvalue weighted by atomic mass is 10.2. The quantitative estimate of drug-likeness (QED) is 0.284. The van der Waals surface area contributed by atoms with Gasteiger partial charge in [0.1, 0.15) is 0 Å². The number of benzene rings is 3. The predicted octanol–water partition coefficient (Wildman–Crippen LogP) is 4.51. The first kappa shape index (κ1) is 18.5. The molecule has 0 radical (unpaired) electrons. The number of hydrogen-bond donors (Lipinski definition) is 0. The Bertz CT molecular complexity index is 1330. The number of non-ortho nitro benzene ring substituents is 1. The summed E-state index contributed by atoms with van der Waals surface area (Å²) < 4.78 is 1.16. The summed E-state index contributed by atoms with van der Waals surface area (Å²) in [6.45, 7) is 0. The van der Waals surface area contributed by atoms with Crippen LogP contribution in [0.2, 0.25) is 5.02 Å². The molecular formula is C21H13ClN4O3. The molecule has 8 heteroatoms. The second kappa shape index (κ2) is 7.65. The highest BCUT2D eigenvalue weighted by Gasteiger charge is 2.14. The van der Waals surface area contributed by atoms with Gasteiger partial charge in [0, 0.05) is 23.3 Å². The van der Waals surface area contributed by atoms with Gasteiger partial charge in [-0.25, -0.2) is 4.98 Å². The zero-order chi connectivity index (χ0) is 20.4. The summed E-state index contributed by atoms with van der Waals surface area (Å²) in [4.78, 5) is 28.2.